The lowest BCUT2D eigenvalue weighted by Gasteiger charge is -2.22. The number of rotatable bonds is 7. The van der Waals surface area contributed by atoms with Gasteiger partial charge in [-0.15, -0.1) is 0 Å². The zero-order valence-corrected chi connectivity index (χ0v) is 14.6. The van der Waals surface area contributed by atoms with Crippen LogP contribution in [-0.4, -0.2) is 43.3 Å². The second-order valence-corrected chi connectivity index (χ2v) is 8.84. The quantitative estimate of drug-likeness (QED) is 0.787. The number of carboxylic acid groups (broad SMARTS) is 1. The fraction of sp³-hybridized carbons (Fsp3) is 0.600. The maximum Gasteiger partial charge on any atom is 0.335 e. The molecule has 1 fully saturated rings. The summed E-state index contributed by atoms with van der Waals surface area (Å²) in [6, 6.07) is 2.70. The Hall–Kier alpha value is -1.83. The van der Waals surface area contributed by atoms with Gasteiger partial charge in [0.2, 0.25) is 10.0 Å². The molecule has 1 heterocycles. The number of pyridine rings is 1. The van der Waals surface area contributed by atoms with Gasteiger partial charge in [-0.05, 0) is 44.2 Å². The Kier molecular flexibility index (Phi) is 4.84. The van der Waals surface area contributed by atoms with Crippen LogP contribution in [-0.2, 0) is 10.0 Å². The summed E-state index contributed by atoms with van der Waals surface area (Å²) in [5, 5.41) is 11.7. The van der Waals surface area contributed by atoms with Gasteiger partial charge in [0.1, 0.15) is 11.6 Å². The SMILES string of the molecule is CC(C)S(=O)(=O)N(C)c1cc(C(=O)O)cc(NC[C@H]2C[C@@H]2C)n1. The second-order valence-electron chi connectivity index (χ2n) is 6.32. The lowest BCUT2D eigenvalue weighted by Crippen LogP contribution is -2.33. The maximum atomic E-state index is 12.3. The van der Waals surface area contributed by atoms with Gasteiger partial charge in [-0.1, -0.05) is 6.92 Å². The van der Waals surface area contributed by atoms with Crippen molar-refractivity contribution in [3.05, 3.63) is 17.7 Å². The van der Waals surface area contributed by atoms with Crippen LogP contribution in [0.15, 0.2) is 12.1 Å². The molecule has 0 radical (unpaired) electrons. The Balaban J connectivity index is 2.30. The summed E-state index contributed by atoms with van der Waals surface area (Å²) in [6.07, 6.45) is 1.14. The number of hydrogen-bond acceptors (Lipinski definition) is 5. The molecule has 1 aliphatic rings. The molecular formula is C15H23N3O4S. The molecule has 128 valence electrons. The van der Waals surface area contributed by atoms with Gasteiger partial charge in [0.15, 0.2) is 0 Å². The standard InChI is InChI=1S/C15H23N3O4S/c1-9(2)23(21,22)18(4)14-7-11(15(19)20)6-13(17-14)16-8-12-5-10(12)3/h6-7,9-10,12H,5,8H2,1-4H3,(H,16,17)(H,19,20)/t10-,12+/m0/s1. The van der Waals surface area contributed by atoms with Crippen molar-refractivity contribution in [1.82, 2.24) is 4.98 Å². The van der Waals surface area contributed by atoms with Gasteiger partial charge in [0.25, 0.3) is 0 Å². The largest absolute Gasteiger partial charge is 0.478 e. The van der Waals surface area contributed by atoms with Gasteiger partial charge in [-0.2, -0.15) is 0 Å². The van der Waals surface area contributed by atoms with E-state index in [9.17, 15) is 18.3 Å². The fourth-order valence-electron chi connectivity index (χ4n) is 2.26. The van der Waals surface area contributed by atoms with Crippen LogP contribution >= 0.6 is 0 Å². The van der Waals surface area contributed by atoms with Crippen molar-refractivity contribution in [3.63, 3.8) is 0 Å². The van der Waals surface area contributed by atoms with Crippen LogP contribution in [0.3, 0.4) is 0 Å². The maximum absolute atomic E-state index is 12.3. The molecular weight excluding hydrogens is 318 g/mol. The highest BCUT2D eigenvalue weighted by molar-refractivity contribution is 7.93. The van der Waals surface area contributed by atoms with E-state index in [1.54, 1.807) is 13.8 Å². The van der Waals surface area contributed by atoms with Gasteiger partial charge in [-0.25, -0.2) is 18.2 Å². The van der Waals surface area contributed by atoms with Gasteiger partial charge in [0, 0.05) is 13.6 Å². The van der Waals surface area contributed by atoms with E-state index in [0.29, 0.717) is 24.2 Å². The third kappa shape index (κ3) is 3.93. The van der Waals surface area contributed by atoms with Crippen molar-refractivity contribution in [2.75, 3.05) is 23.2 Å². The van der Waals surface area contributed by atoms with Gasteiger partial charge in [-0.3, -0.25) is 4.31 Å². The molecule has 2 atom stereocenters. The average Bonchev–Trinajstić information content (AvgIpc) is 3.19. The zero-order valence-electron chi connectivity index (χ0n) is 13.8. The van der Waals surface area contributed by atoms with Gasteiger partial charge < -0.3 is 10.4 Å². The summed E-state index contributed by atoms with van der Waals surface area (Å²) >= 11 is 0. The Morgan fingerprint density at radius 1 is 1.48 bits per heavy atom. The zero-order chi connectivity index (χ0) is 17.4. The first kappa shape index (κ1) is 17.5. The molecule has 8 heteroatoms. The number of nitrogens with one attached hydrogen (secondary N) is 1. The van der Waals surface area contributed by atoms with E-state index in [1.165, 1.54) is 19.2 Å². The molecule has 0 saturated heterocycles. The van der Waals surface area contributed by atoms with Crippen LogP contribution < -0.4 is 9.62 Å². The Morgan fingerprint density at radius 3 is 2.57 bits per heavy atom. The lowest BCUT2D eigenvalue weighted by atomic mass is 10.2. The minimum atomic E-state index is -3.57. The minimum Gasteiger partial charge on any atom is -0.478 e. The van der Waals surface area contributed by atoms with E-state index < -0.39 is 21.2 Å². The van der Waals surface area contributed by atoms with Crippen molar-refractivity contribution in [3.8, 4) is 0 Å². The van der Waals surface area contributed by atoms with E-state index in [0.717, 1.165) is 10.7 Å². The molecule has 1 aromatic heterocycles. The van der Waals surface area contributed by atoms with Crippen LogP contribution in [0.25, 0.3) is 0 Å². The number of anilines is 2. The van der Waals surface area contributed by atoms with Crippen molar-refractivity contribution in [1.29, 1.82) is 0 Å². The lowest BCUT2D eigenvalue weighted by molar-refractivity contribution is 0.0697. The molecule has 0 aromatic carbocycles. The summed E-state index contributed by atoms with van der Waals surface area (Å²) in [5.41, 5.74) is 0.00662. The Labute approximate surface area is 136 Å². The van der Waals surface area contributed by atoms with Crippen LogP contribution in [0.2, 0.25) is 0 Å². The van der Waals surface area contributed by atoms with Crippen molar-refractivity contribution >= 4 is 27.6 Å². The number of carboxylic acids is 1. The smallest absolute Gasteiger partial charge is 0.335 e. The first-order valence-electron chi connectivity index (χ1n) is 7.60. The molecule has 1 aliphatic carbocycles. The highest BCUT2D eigenvalue weighted by Gasteiger charge is 2.32. The monoisotopic (exact) mass is 341 g/mol. The Bertz CT molecular complexity index is 703. The number of aromatic nitrogens is 1. The first-order valence-corrected chi connectivity index (χ1v) is 9.10. The summed E-state index contributed by atoms with van der Waals surface area (Å²) in [4.78, 5) is 15.6. The normalized spacial score (nSPS) is 20.4. The highest BCUT2D eigenvalue weighted by atomic mass is 32.2. The number of sulfonamides is 1. The summed E-state index contributed by atoms with van der Waals surface area (Å²) in [7, 11) is -2.18. The van der Waals surface area contributed by atoms with Crippen LogP contribution in [0, 0.1) is 11.8 Å². The molecule has 2 rings (SSSR count). The third-order valence-electron chi connectivity index (χ3n) is 4.18. The topological polar surface area (TPSA) is 99.6 Å². The molecule has 2 N–H and O–H groups in total. The summed E-state index contributed by atoms with van der Waals surface area (Å²) < 4.78 is 25.6. The fourth-order valence-corrected chi connectivity index (χ4v) is 3.24. The van der Waals surface area contributed by atoms with E-state index in [2.05, 4.69) is 17.2 Å². The van der Waals surface area contributed by atoms with E-state index in [4.69, 9.17) is 0 Å². The van der Waals surface area contributed by atoms with E-state index in [1.807, 2.05) is 0 Å². The van der Waals surface area contributed by atoms with E-state index >= 15 is 0 Å². The number of hydrogen-bond donors (Lipinski definition) is 2. The third-order valence-corrected chi connectivity index (χ3v) is 6.32. The molecule has 0 spiro atoms. The molecule has 1 saturated carbocycles. The van der Waals surface area contributed by atoms with Gasteiger partial charge >= 0.3 is 5.97 Å². The summed E-state index contributed by atoms with van der Waals surface area (Å²) in [5.74, 6) is 0.584. The van der Waals surface area contributed by atoms with Crippen LogP contribution in [0.4, 0.5) is 11.6 Å². The van der Waals surface area contributed by atoms with Gasteiger partial charge in [0.05, 0.1) is 10.8 Å². The predicted octanol–water partition coefficient (Wildman–Crippen LogP) is 2.02. The Morgan fingerprint density at radius 2 is 2.09 bits per heavy atom. The van der Waals surface area contributed by atoms with Crippen LogP contribution in [0.1, 0.15) is 37.6 Å². The molecule has 1 aromatic rings. The van der Waals surface area contributed by atoms with Crippen LogP contribution in [0.5, 0.6) is 0 Å². The predicted molar refractivity (Wildman–Crippen MR) is 89.4 cm³/mol. The molecule has 7 nitrogen and oxygen atoms in total. The van der Waals surface area contributed by atoms with Crippen molar-refractivity contribution in [2.45, 2.75) is 32.4 Å². The first-order chi connectivity index (χ1) is 10.6. The molecule has 23 heavy (non-hydrogen) atoms. The van der Waals surface area contributed by atoms with Crippen molar-refractivity contribution < 1.29 is 18.3 Å². The molecule has 0 aliphatic heterocycles. The number of carbonyl (C=O) groups is 1. The average molecular weight is 341 g/mol. The minimum absolute atomic E-state index is 0.00662. The van der Waals surface area contributed by atoms with E-state index in [-0.39, 0.29) is 11.4 Å². The van der Waals surface area contributed by atoms with Crippen molar-refractivity contribution in [2.24, 2.45) is 11.8 Å². The molecule has 0 bridgehead atoms. The molecule has 0 amide bonds. The highest BCUT2D eigenvalue weighted by Crippen LogP contribution is 2.37. The summed E-state index contributed by atoms with van der Waals surface area (Å²) in [6.45, 7) is 6.00. The molecule has 0 unspecified atom stereocenters. The second kappa shape index (κ2) is 6.35. The number of nitrogens with zero attached hydrogens (tertiary/aromatic N) is 2. The number of aromatic carboxylic acids is 1.